The molecule has 1 unspecified atom stereocenters. The number of anilines is 2. The van der Waals surface area contributed by atoms with Gasteiger partial charge < -0.3 is 20.3 Å². The molecule has 0 aliphatic carbocycles. The number of nitrogens with zero attached hydrogens (tertiary/aromatic N) is 1. The topological polar surface area (TPSA) is 70.7 Å². The molecule has 1 saturated heterocycles. The first-order valence-electron chi connectivity index (χ1n) is 9.86. The molecule has 1 heterocycles. The average Bonchev–Trinajstić information content (AvgIpc) is 3.07. The molecule has 2 aromatic rings. The summed E-state index contributed by atoms with van der Waals surface area (Å²) in [6.45, 7) is 7.50. The molecule has 0 aromatic heterocycles. The Balaban J connectivity index is 1.49. The lowest BCUT2D eigenvalue weighted by atomic mass is 9.87. The van der Waals surface area contributed by atoms with Gasteiger partial charge in [-0.15, -0.1) is 0 Å². The van der Waals surface area contributed by atoms with Crippen molar-refractivity contribution in [2.75, 3.05) is 30.4 Å². The molecule has 0 saturated carbocycles. The third kappa shape index (κ3) is 5.28. The zero-order valence-corrected chi connectivity index (χ0v) is 17.5. The highest BCUT2D eigenvalue weighted by Crippen LogP contribution is 2.27. The van der Waals surface area contributed by atoms with Crippen molar-refractivity contribution in [3.8, 4) is 5.75 Å². The van der Waals surface area contributed by atoms with Gasteiger partial charge in [-0.1, -0.05) is 32.9 Å². The van der Waals surface area contributed by atoms with Crippen LogP contribution in [0, 0.1) is 5.92 Å². The van der Waals surface area contributed by atoms with Crippen LogP contribution in [0.1, 0.15) is 32.8 Å². The van der Waals surface area contributed by atoms with Crippen LogP contribution >= 0.6 is 0 Å². The number of urea groups is 1. The van der Waals surface area contributed by atoms with E-state index in [2.05, 4.69) is 31.4 Å². The summed E-state index contributed by atoms with van der Waals surface area (Å²) < 4.78 is 5.16. The molecule has 1 fully saturated rings. The Kier molecular flexibility index (Phi) is 6.11. The van der Waals surface area contributed by atoms with Crippen molar-refractivity contribution in [3.05, 3.63) is 54.1 Å². The third-order valence-corrected chi connectivity index (χ3v) is 5.15. The summed E-state index contributed by atoms with van der Waals surface area (Å²) in [5.41, 5.74) is 2.89. The monoisotopic (exact) mass is 395 g/mol. The fraction of sp³-hybridized carbons (Fsp3) is 0.391. The summed E-state index contributed by atoms with van der Waals surface area (Å²) in [6.07, 6.45) is 0.423. The Morgan fingerprint density at radius 2 is 1.76 bits per heavy atom. The SMILES string of the molecule is COc1ccc(N2CC(CNC(=O)Nc3ccc(C(C)(C)C)cc3)CC2=O)cc1. The van der Waals surface area contributed by atoms with Gasteiger partial charge in [-0.25, -0.2) is 4.79 Å². The van der Waals surface area contributed by atoms with Gasteiger partial charge in [0.1, 0.15) is 5.75 Å². The molecule has 0 radical (unpaired) electrons. The van der Waals surface area contributed by atoms with Gasteiger partial charge in [0.2, 0.25) is 5.91 Å². The summed E-state index contributed by atoms with van der Waals surface area (Å²) in [6, 6.07) is 15.0. The van der Waals surface area contributed by atoms with Crippen molar-refractivity contribution >= 4 is 23.3 Å². The van der Waals surface area contributed by atoms with Crippen molar-refractivity contribution in [2.45, 2.75) is 32.6 Å². The first-order chi connectivity index (χ1) is 13.8. The normalized spacial score (nSPS) is 16.6. The smallest absolute Gasteiger partial charge is 0.319 e. The van der Waals surface area contributed by atoms with E-state index in [1.807, 2.05) is 48.5 Å². The number of amides is 3. The molecule has 3 rings (SSSR count). The van der Waals surface area contributed by atoms with Crippen LogP contribution < -0.4 is 20.3 Å². The Labute approximate surface area is 172 Å². The highest BCUT2D eigenvalue weighted by molar-refractivity contribution is 5.96. The van der Waals surface area contributed by atoms with Crippen molar-refractivity contribution in [2.24, 2.45) is 5.92 Å². The van der Waals surface area contributed by atoms with E-state index in [0.717, 1.165) is 17.1 Å². The van der Waals surface area contributed by atoms with Crippen LogP contribution in [0.25, 0.3) is 0 Å². The third-order valence-electron chi connectivity index (χ3n) is 5.15. The lowest BCUT2D eigenvalue weighted by Gasteiger charge is -2.19. The van der Waals surface area contributed by atoms with Crippen LogP contribution in [0.5, 0.6) is 5.75 Å². The Morgan fingerprint density at radius 1 is 1.10 bits per heavy atom. The number of benzene rings is 2. The summed E-state index contributed by atoms with van der Waals surface area (Å²) >= 11 is 0. The van der Waals surface area contributed by atoms with Crippen LogP contribution in [0.3, 0.4) is 0 Å². The highest BCUT2D eigenvalue weighted by Gasteiger charge is 2.30. The van der Waals surface area contributed by atoms with Gasteiger partial charge in [0, 0.05) is 36.8 Å². The minimum atomic E-state index is -0.260. The van der Waals surface area contributed by atoms with Crippen LogP contribution in [-0.4, -0.2) is 32.1 Å². The largest absolute Gasteiger partial charge is 0.497 e. The molecule has 2 aromatic carbocycles. The van der Waals surface area contributed by atoms with Crippen molar-refractivity contribution in [3.63, 3.8) is 0 Å². The van der Waals surface area contributed by atoms with Gasteiger partial charge in [-0.2, -0.15) is 0 Å². The quantitative estimate of drug-likeness (QED) is 0.798. The van der Waals surface area contributed by atoms with Crippen molar-refractivity contribution in [1.29, 1.82) is 0 Å². The standard InChI is InChI=1S/C23H29N3O3/c1-23(2,3)17-5-7-18(8-6-17)25-22(28)24-14-16-13-21(27)26(15-16)19-9-11-20(29-4)12-10-19/h5-12,16H,13-15H2,1-4H3,(H2,24,25,28). The first-order valence-corrected chi connectivity index (χ1v) is 9.86. The van der Waals surface area contributed by atoms with Crippen molar-refractivity contribution < 1.29 is 14.3 Å². The number of rotatable bonds is 5. The lowest BCUT2D eigenvalue weighted by molar-refractivity contribution is -0.117. The van der Waals surface area contributed by atoms with E-state index in [1.54, 1.807) is 12.0 Å². The fourth-order valence-electron chi connectivity index (χ4n) is 3.40. The summed E-state index contributed by atoms with van der Waals surface area (Å²) in [5.74, 6) is 0.907. The molecule has 154 valence electrons. The molecule has 1 aliphatic rings. The molecule has 6 nitrogen and oxygen atoms in total. The number of carbonyl (C=O) groups excluding carboxylic acids is 2. The van der Waals surface area contributed by atoms with Gasteiger partial charge >= 0.3 is 6.03 Å². The van der Waals surface area contributed by atoms with E-state index >= 15 is 0 Å². The summed E-state index contributed by atoms with van der Waals surface area (Å²) in [7, 11) is 1.61. The molecule has 1 aliphatic heterocycles. The number of hydrogen-bond donors (Lipinski definition) is 2. The van der Waals surface area contributed by atoms with Crippen LogP contribution in [0.15, 0.2) is 48.5 Å². The zero-order chi connectivity index (χ0) is 21.0. The predicted octanol–water partition coefficient (Wildman–Crippen LogP) is 4.17. The molecule has 3 amide bonds. The zero-order valence-electron chi connectivity index (χ0n) is 17.5. The fourth-order valence-corrected chi connectivity index (χ4v) is 3.40. The van der Waals surface area contributed by atoms with E-state index in [1.165, 1.54) is 5.56 Å². The second kappa shape index (κ2) is 8.55. The van der Waals surface area contributed by atoms with E-state index in [9.17, 15) is 9.59 Å². The van der Waals surface area contributed by atoms with E-state index in [-0.39, 0.29) is 23.3 Å². The van der Waals surface area contributed by atoms with E-state index < -0.39 is 0 Å². The van der Waals surface area contributed by atoms with E-state index in [0.29, 0.717) is 19.5 Å². The maximum Gasteiger partial charge on any atom is 0.319 e. The number of ether oxygens (including phenoxy) is 1. The Bertz CT molecular complexity index is 854. The molecule has 6 heteroatoms. The van der Waals surface area contributed by atoms with Gasteiger partial charge in [0.25, 0.3) is 0 Å². The molecular formula is C23H29N3O3. The van der Waals surface area contributed by atoms with Gasteiger partial charge in [-0.3, -0.25) is 4.79 Å². The predicted molar refractivity (Wildman–Crippen MR) is 116 cm³/mol. The lowest BCUT2D eigenvalue weighted by Crippen LogP contribution is -2.34. The number of methoxy groups -OCH3 is 1. The Morgan fingerprint density at radius 3 is 2.34 bits per heavy atom. The Hall–Kier alpha value is -3.02. The highest BCUT2D eigenvalue weighted by atomic mass is 16.5. The van der Waals surface area contributed by atoms with Gasteiger partial charge in [0.05, 0.1) is 7.11 Å². The first kappa shape index (κ1) is 20.7. The summed E-state index contributed by atoms with van der Waals surface area (Å²) in [5, 5.41) is 5.73. The molecule has 29 heavy (non-hydrogen) atoms. The molecule has 1 atom stereocenters. The number of carbonyl (C=O) groups is 2. The minimum Gasteiger partial charge on any atom is -0.497 e. The van der Waals surface area contributed by atoms with Crippen LogP contribution in [0.2, 0.25) is 0 Å². The number of nitrogens with one attached hydrogen (secondary N) is 2. The van der Waals surface area contributed by atoms with E-state index in [4.69, 9.17) is 4.74 Å². The molecular weight excluding hydrogens is 366 g/mol. The summed E-state index contributed by atoms with van der Waals surface area (Å²) in [4.78, 5) is 26.3. The molecule has 0 bridgehead atoms. The van der Waals surface area contributed by atoms with Gasteiger partial charge in [-0.05, 0) is 47.4 Å². The van der Waals surface area contributed by atoms with Crippen molar-refractivity contribution in [1.82, 2.24) is 5.32 Å². The average molecular weight is 396 g/mol. The molecule has 0 spiro atoms. The number of hydrogen-bond acceptors (Lipinski definition) is 3. The maximum atomic E-state index is 12.4. The maximum absolute atomic E-state index is 12.4. The van der Waals surface area contributed by atoms with Crippen LogP contribution in [-0.2, 0) is 10.2 Å². The van der Waals surface area contributed by atoms with Crippen LogP contribution in [0.4, 0.5) is 16.2 Å². The second-order valence-corrected chi connectivity index (χ2v) is 8.43. The second-order valence-electron chi connectivity index (χ2n) is 8.43. The minimum absolute atomic E-state index is 0.0696. The van der Waals surface area contributed by atoms with Gasteiger partial charge in [0.15, 0.2) is 0 Å². The molecule has 2 N–H and O–H groups in total.